The van der Waals surface area contributed by atoms with E-state index in [9.17, 15) is 10.2 Å². The van der Waals surface area contributed by atoms with Crippen molar-refractivity contribution in [1.29, 1.82) is 0 Å². The van der Waals surface area contributed by atoms with Crippen molar-refractivity contribution in [1.82, 2.24) is 0 Å². The summed E-state index contributed by atoms with van der Waals surface area (Å²) in [6.07, 6.45) is -1.70. The van der Waals surface area contributed by atoms with Crippen molar-refractivity contribution >= 4 is 37.7 Å². The second kappa shape index (κ2) is 4.07. The molecule has 0 N–H and O–H groups in total. The predicted molar refractivity (Wildman–Crippen MR) is 29.0 cm³/mol. The van der Waals surface area contributed by atoms with Gasteiger partial charge in [0.1, 0.15) is 0 Å². The maximum Gasteiger partial charge on any atom is 2.00 e. The first-order valence-corrected chi connectivity index (χ1v) is 2.26. The fourth-order valence-corrected chi connectivity index (χ4v) is 0. The van der Waals surface area contributed by atoms with E-state index in [0.717, 1.165) is 0 Å². The zero-order valence-corrected chi connectivity index (χ0v) is 7.81. The van der Waals surface area contributed by atoms with E-state index in [4.69, 9.17) is 0 Å². The molecule has 0 heterocycles. The van der Waals surface area contributed by atoms with Crippen LogP contribution < -0.4 is 10.2 Å². The molecule has 0 aromatic rings. The van der Waals surface area contributed by atoms with Gasteiger partial charge in [-0.25, -0.2) is 6.29 Å². The van der Waals surface area contributed by atoms with Gasteiger partial charge in [0.2, 0.25) is 0 Å². The van der Waals surface area contributed by atoms with Crippen LogP contribution in [0.3, 0.4) is 0 Å². The zero-order valence-electron chi connectivity index (χ0n) is 5.60. The molecule has 0 radical (unpaired) electrons. The SMILES string of the molecule is CC(C)(C)C([O-])[O-].[Ca+2]. The van der Waals surface area contributed by atoms with Crippen molar-refractivity contribution in [2.24, 2.45) is 5.41 Å². The molecule has 0 bridgehead atoms. The Morgan fingerprint density at radius 2 is 1.25 bits per heavy atom. The molecule has 0 aromatic carbocycles. The van der Waals surface area contributed by atoms with E-state index in [2.05, 4.69) is 0 Å². The molecule has 8 heavy (non-hydrogen) atoms. The van der Waals surface area contributed by atoms with Crippen molar-refractivity contribution in [3.05, 3.63) is 0 Å². The summed E-state index contributed by atoms with van der Waals surface area (Å²) in [6.45, 7) is 4.91. The number of rotatable bonds is 0. The Balaban J connectivity index is 0. The van der Waals surface area contributed by atoms with Crippen molar-refractivity contribution in [3.63, 3.8) is 0 Å². The summed E-state index contributed by atoms with van der Waals surface area (Å²) in [7, 11) is 0. The Morgan fingerprint density at radius 1 is 1.12 bits per heavy atom. The summed E-state index contributed by atoms with van der Waals surface area (Å²) < 4.78 is 0. The molecule has 2 nitrogen and oxygen atoms in total. The average molecular weight is 142 g/mol. The van der Waals surface area contributed by atoms with Crippen LogP contribution in [0, 0.1) is 5.41 Å². The van der Waals surface area contributed by atoms with Crippen LogP contribution in [0.5, 0.6) is 0 Å². The van der Waals surface area contributed by atoms with Gasteiger partial charge in [0.25, 0.3) is 0 Å². The first-order valence-electron chi connectivity index (χ1n) is 2.26. The van der Waals surface area contributed by atoms with Crippen LogP contribution in [0.1, 0.15) is 20.8 Å². The molecule has 0 saturated carbocycles. The van der Waals surface area contributed by atoms with Crippen LogP contribution in [0.2, 0.25) is 0 Å². The molecule has 0 unspecified atom stereocenters. The minimum Gasteiger partial charge on any atom is -0.865 e. The van der Waals surface area contributed by atoms with E-state index in [1.165, 1.54) is 0 Å². The van der Waals surface area contributed by atoms with E-state index in [0.29, 0.717) is 0 Å². The van der Waals surface area contributed by atoms with Crippen molar-refractivity contribution in [2.45, 2.75) is 27.1 Å². The van der Waals surface area contributed by atoms with E-state index in [-0.39, 0.29) is 37.7 Å². The van der Waals surface area contributed by atoms with Gasteiger partial charge in [0, 0.05) is 0 Å². The van der Waals surface area contributed by atoms with Crippen LogP contribution in [0.4, 0.5) is 0 Å². The Kier molecular flexibility index (Phi) is 6.06. The van der Waals surface area contributed by atoms with Crippen molar-refractivity contribution in [2.75, 3.05) is 0 Å². The number of hydrogen-bond donors (Lipinski definition) is 0. The smallest absolute Gasteiger partial charge is 0.865 e. The number of hydrogen-bond acceptors (Lipinski definition) is 2. The Bertz CT molecular complexity index is 55.9. The molecule has 0 spiro atoms. The van der Waals surface area contributed by atoms with Crippen LogP contribution in [-0.4, -0.2) is 44.0 Å². The van der Waals surface area contributed by atoms with Gasteiger partial charge in [-0.1, -0.05) is 26.2 Å². The molecule has 0 aliphatic heterocycles. The van der Waals surface area contributed by atoms with E-state index < -0.39 is 11.7 Å². The molecule has 44 valence electrons. The zero-order chi connectivity index (χ0) is 6.08. The van der Waals surface area contributed by atoms with Gasteiger partial charge < -0.3 is 10.2 Å². The summed E-state index contributed by atoms with van der Waals surface area (Å²) in [5.74, 6) is 0. The summed E-state index contributed by atoms with van der Waals surface area (Å²) in [5, 5.41) is 20.0. The Morgan fingerprint density at radius 3 is 1.25 bits per heavy atom. The third kappa shape index (κ3) is 5.32. The maximum atomic E-state index is 9.99. The molecule has 0 fully saturated rings. The van der Waals surface area contributed by atoms with Gasteiger partial charge in [-0.3, -0.25) is 0 Å². The molecular weight excluding hydrogens is 132 g/mol. The van der Waals surface area contributed by atoms with Gasteiger partial charge in [-0.15, -0.1) is 0 Å². The van der Waals surface area contributed by atoms with Gasteiger partial charge in [-0.2, -0.15) is 0 Å². The molecule has 0 aromatic heterocycles. The fraction of sp³-hybridized carbons (Fsp3) is 1.00. The van der Waals surface area contributed by atoms with Gasteiger partial charge in [-0.05, 0) is 0 Å². The minimum atomic E-state index is -1.70. The van der Waals surface area contributed by atoms with Crippen LogP contribution in [0.15, 0.2) is 0 Å². The largest absolute Gasteiger partial charge is 2.00 e. The first kappa shape index (κ1) is 11.9. The van der Waals surface area contributed by atoms with Crippen LogP contribution in [0.25, 0.3) is 0 Å². The van der Waals surface area contributed by atoms with Gasteiger partial charge >= 0.3 is 37.7 Å². The van der Waals surface area contributed by atoms with Gasteiger partial charge in [0.15, 0.2) is 0 Å². The minimum absolute atomic E-state index is 0. The van der Waals surface area contributed by atoms with Crippen LogP contribution in [-0.2, 0) is 0 Å². The molecule has 0 atom stereocenters. The summed E-state index contributed by atoms with van der Waals surface area (Å²) >= 11 is 0. The van der Waals surface area contributed by atoms with Crippen molar-refractivity contribution < 1.29 is 10.2 Å². The fourth-order valence-electron chi connectivity index (χ4n) is 0. The molecule has 0 rings (SSSR count). The predicted octanol–water partition coefficient (Wildman–Crippen LogP) is -1.30. The molecule has 0 aliphatic rings. The second-order valence-corrected chi connectivity index (χ2v) is 2.70. The molecule has 0 amide bonds. The Hall–Kier alpha value is 1.18. The third-order valence-corrected chi connectivity index (χ3v) is 0.707. The molecule has 0 aliphatic carbocycles. The summed E-state index contributed by atoms with van der Waals surface area (Å²) in [5.41, 5.74) is -0.611. The monoisotopic (exact) mass is 142 g/mol. The third-order valence-electron chi connectivity index (χ3n) is 0.707. The maximum absolute atomic E-state index is 9.99. The summed E-state index contributed by atoms with van der Waals surface area (Å²) in [6, 6.07) is 0. The summed E-state index contributed by atoms with van der Waals surface area (Å²) in [4.78, 5) is 0. The van der Waals surface area contributed by atoms with Gasteiger partial charge in [0.05, 0.1) is 0 Å². The standard InChI is InChI=1S/C5H10O2.Ca/c1-5(2,3)4(6)7;/h4H,1-3H3;/q-2;+2. The van der Waals surface area contributed by atoms with E-state index in [1.54, 1.807) is 20.8 Å². The van der Waals surface area contributed by atoms with E-state index in [1.807, 2.05) is 0 Å². The van der Waals surface area contributed by atoms with E-state index >= 15 is 0 Å². The molecule has 3 heteroatoms. The molecule has 0 saturated heterocycles. The van der Waals surface area contributed by atoms with Crippen molar-refractivity contribution in [3.8, 4) is 0 Å². The van der Waals surface area contributed by atoms with Crippen LogP contribution >= 0.6 is 0 Å². The average Bonchev–Trinajstić information content (AvgIpc) is 1.31. The molecular formula is C5H10CaO2. The first-order chi connectivity index (χ1) is 2.94. The second-order valence-electron chi connectivity index (χ2n) is 2.70. The quantitative estimate of drug-likeness (QED) is 0.312. The Labute approximate surface area is 79.9 Å². The normalized spacial score (nSPS) is 11.2. The topological polar surface area (TPSA) is 46.1 Å².